The van der Waals surface area contributed by atoms with E-state index in [1.165, 1.54) is 11.8 Å². The number of benzene rings is 1. The van der Waals surface area contributed by atoms with Crippen LogP contribution in [0, 0.1) is 5.41 Å². The Bertz CT molecular complexity index is 1780. The van der Waals surface area contributed by atoms with Crippen molar-refractivity contribution in [2.24, 2.45) is 11.1 Å². The molecule has 2 saturated heterocycles. The molecule has 44 heavy (non-hydrogen) atoms. The summed E-state index contributed by atoms with van der Waals surface area (Å²) in [5.74, 6) is 1.61. The molecule has 228 valence electrons. The molecule has 2 aliphatic heterocycles. The van der Waals surface area contributed by atoms with Crippen LogP contribution in [0.5, 0.6) is 0 Å². The molecule has 0 saturated carbocycles. The summed E-state index contributed by atoms with van der Waals surface area (Å²) < 4.78 is 5.85. The number of anilines is 3. The summed E-state index contributed by atoms with van der Waals surface area (Å²) in [6, 6.07) is 9.89. The predicted octanol–water partition coefficient (Wildman–Crippen LogP) is 6.77. The smallest absolute Gasteiger partial charge is 0.229 e. The van der Waals surface area contributed by atoms with Crippen LogP contribution in [-0.4, -0.2) is 61.7 Å². The predicted molar refractivity (Wildman–Crippen MR) is 178 cm³/mol. The Morgan fingerprint density at radius 3 is 2.64 bits per heavy atom. The normalized spacial score (nSPS) is 19.3. The number of nitrogens with one attached hydrogen (secondary N) is 2. The zero-order chi connectivity index (χ0) is 29.6. The van der Waals surface area contributed by atoms with Crippen molar-refractivity contribution in [3.8, 4) is 11.3 Å². The van der Waals surface area contributed by atoms with Gasteiger partial charge in [-0.1, -0.05) is 53.2 Å². The van der Waals surface area contributed by atoms with Gasteiger partial charge in [0.2, 0.25) is 5.95 Å². The Labute approximate surface area is 275 Å². The lowest BCUT2D eigenvalue weighted by Crippen LogP contribution is -2.50. The molecule has 0 unspecified atom stereocenters. The van der Waals surface area contributed by atoms with Gasteiger partial charge in [-0.3, -0.25) is 0 Å². The van der Waals surface area contributed by atoms with Gasteiger partial charge in [0.1, 0.15) is 10.8 Å². The number of aromatic nitrogens is 6. The summed E-state index contributed by atoms with van der Waals surface area (Å²) in [4.78, 5) is 29.1. The van der Waals surface area contributed by atoms with Crippen molar-refractivity contribution in [2.75, 3.05) is 29.9 Å². The highest BCUT2D eigenvalue weighted by atomic mass is 35.5. The molecule has 10 nitrogen and oxygen atoms in total. The molecule has 2 atom stereocenters. The van der Waals surface area contributed by atoms with Gasteiger partial charge in [0.15, 0.2) is 5.82 Å². The fourth-order valence-electron chi connectivity index (χ4n) is 5.87. The van der Waals surface area contributed by atoms with E-state index < -0.39 is 0 Å². The Balaban J connectivity index is 0.00000343. The molecule has 0 bridgehead atoms. The Kier molecular flexibility index (Phi) is 8.87. The highest BCUT2D eigenvalue weighted by molar-refractivity contribution is 7.99. The average Bonchev–Trinajstić information content (AvgIpc) is 3.58. The van der Waals surface area contributed by atoms with Crippen LogP contribution in [0.2, 0.25) is 10.0 Å². The van der Waals surface area contributed by atoms with Crippen LogP contribution in [0.1, 0.15) is 19.8 Å². The summed E-state index contributed by atoms with van der Waals surface area (Å²) >= 11 is 14.7. The number of nitrogens with zero attached hydrogens (tertiary/aromatic N) is 6. The van der Waals surface area contributed by atoms with E-state index in [2.05, 4.69) is 42.1 Å². The molecule has 1 aromatic carbocycles. The number of aromatic amines is 1. The molecule has 2 aliphatic rings. The maximum absolute atomic E-state index is 6.78. The van der Waals surface area contributed by atoms with Crippen LogP contribution >= 0.6 is 47.4 Å². The summed E-state index contributed by atoms with van der Waals surface area (Å²) in [6.07, 6.45) is 10.8. The van der Waals surface area contributed by atoms with Gasteiger partial charge in [-0.05, 0) is 31.9 Å². The van der Waals surface area contributed by atoms with E-state index in [1.807, 2.05) is 42.7 Å². The molecular formula is C30H30Cl3N9OS. The maximum atomic E-state index is 6.78. The average molecular weight is 671 g/mol. The number of pyridine rings is 1. The number of H-pyrrole nitrogens is 1. The van der Waals surface area contributed by atoms with Crippen molar-refractivity contribution in [3.05, 3.63) is 71.4 Å². The number of nitrogens with two attached hydrogens (primary N) is 1. The highest BCUT2D eigenvalue weighted by Gasteiger charge is 2.47. The number of rotatable bonds is 6. The lowest BCUT2D eigenvalue weighted by molar-refractivity contribution is 0.0974. The Morgan fingerprint density at radius 1 is 1.07 bits per heavy atom. The van der Waals surface area contributed by atoms with Gasteiger partial charge in [-0.2, -0.15) is 0 Å². The van der Waals surface area contributed by atoms with Crippen LogP contribution in [0.3, 0.4) is 0 Å². The minimum Gasteiger partial charge on any atom is -0.376 e. The number of halogens is 3. The molecule has 0 amide bonds. The zero-order valence-corrected chi connectivity index (χ0v) is 26.8. The Morgan fingerprint density at radius 2 is 1.89 bits per heavy atom. The van der Waals surface area contributed by atoms with Crippen LogP contribution in [0.15, 0.2) is 71.2 Å². The number of hydrogen-bond acceptors (Lipinski definition) is 10. The van der Waals surface area contributed by atoms with Gasteiger partial charge in [0, 0.05) is 58.3 Å². The summed E-state index contributed by atoms with van der Waals surface area (Å²) in [6.45, 7) is 4.56. The fourth-order valence-corrected chi connectivity index (χ4v) is 7.09. The van der Waals surface area contributed by atoms with Gasteiger partial charge >= 0.3 is 0 Å². The first-order chi connectivity index (χ1) is 20.9. The molecule has 5 aromatic rings. The molecular weight excluding hydrogens is 641 g/mol. The molecule has 7 rings (SSSR count). The van der Waals surface area contributed by atoms with Gasteiger partial charge < -0.3 is 25.7 Å². The van der Waals surface area contributed by atoms with E-state index in [1.54, 1.807) is 18.6 Å². The first-order valence-electron chi connectivity index (χ1n) is 14.0. The number of piperidine rings is 1. The van der Waals surface area contributed by atoms with Gasteiger partial charge in [0.05, 0.1) is 47.0 Å². The standard InChI is InChI=1S/C30H29Cl2N9OS.ClH/c1-17-27(33)30(16-42-17)7-10-41(11-8-30)23-14-37-24(15-36-23)43-22-6-9-34-28(25(22)32)40-29-38-13-20(31)26(39-29)19-12-35-21-5-3-2-4-18(19)21;/h2-6,9,12-15,17,27,35H,7-8,10-11,16,33H2,1H3,(H,34,38,39,40);1H/t17-,27+;/m0./s1. The van der Waals surface area contributed by atoms with E-state index >= 15 is 0 Å². The first-order valence-corrected chi connectivity index (χ1v) is 15.6. The quantitative estimate of drug-likeness (QED) is 0.178. The van der Waals surface area contributed by atoms with E-state index in [0.29, 0.717) is 27.5 Å². The van der Waals surface area contributed by atoms with Crippen LogP contribution in [0.4, 0.5) is 17.6 Å². The lowest BCUT2D eigenvalue weighted by atomic mass is 9.73. The molecule has 0 aliphatic carbocycles. The third kappa shape index (κ3) is 5.80. The SMILES string of the molecule is C[C@@H]1OCC2(CCN(c3cnc(Sc4ccnc(Nc5ncc(Cl)c(-c6c[nH]c7ccccc67)n5)c4Cl)cn3)CC2)[C@@H]1N.Cl. The number of hydrogen-bond donors (Lipinski definition) is 3. The van der Waals surface area contributed by atoms with Gasteiger partial charge in [0.25, 0.3) is 0 Å². The van der Waals surface area contributed by atoms with Gasteiger partial charge in [-0.25, -0.2) is 24.9 Å². The number of para-hydroxylation sites is 1. The lowest BCUT2D eigenvalue weighted by Gasteiger charge is -2.41. The van der Waals surface area contributed by atoms with Crippen LogP contribution < -0.4 is 16.0 Å². The van der Waals surface area contributed by atoms with Crippen molar-refractivity contribution in [2.45, 2.75) is 41.8 Å². The third-order valence-corrected chi connectivity index (χ3v) is 10.2. The van der Waals surface area contributed by atoms with Crippen molar-refractivity contribution in [3.63, 3.8) is 0 Å². The van der Waals surface area contributed by atoms with Crippen molar-refractivity contribution in [1.82, 2.24) is 29.9 Å². The first kappa shape index (κ1) is 30.8. The minimum absolute atomic E-state index is 0. The summed E-state index contributed by atoms with van der Waals surface area (Å²) in [5.41, 5.74) is 9.02. The molecule has 0 radical (unpaired) electrons. The Hall–Kier alpha value is -3.19. The fraction of sp³-hybridized carbons (Fsp3) is 0.300. The van der Waals surface area contributed by atoms with Crippen LogP contribution in [0.25, 0.3) is 22.2 Å². The largest absolute Gasteiger partial charge is 0.376 e. The summed E-state index contributed by atoms with van der Waals surface area (Å²) in [5, 5.41) is 5.75. The number of fused-ring (bicyclic) bond motifs is 1. The third-order valence-electron chi connectivity index (χ3n) is 8.43. The van der Waals surface area contributed by atoms with Crippen molar-refractivity contribution in [1.29, 1.82) is 0 Å². The molecule has 6 heterocycles. The molecule has 14 heteroatoms. The monoisotopic (exact) mass is 669 g/mol. The maximum Gasteiger partial charge on any atom is 0.229 e. The van der Waals surface area contributed by atoms with Gasteiger partial charge in [-0.15, -0.1) is 12.4 Å². The summed E-state index contributed by atoms with van der Waals surface area (Å²) in [7, 11) is 0. The molecule has 2 fully saturated rings. The minimum atomic E-state index is 0. The van der Waals surface area contributed by atoms with E-state index in [4.69, 9.17) is 38.7 Å². The second kappa shape index (κ2) is 12.7. The second-order valence-corrected chi connectivity index (χ2v) is 12.8. The number of ether oxygens (including phenoxy) is 1. The van der Waals surface area contributed by atoms with Crippen LogP contribution in [-0.2, 0) is 4.74 Å². The molecule has 4 N–H and O–H groups in total. The van der Waals surface area contributed by atoms with Crippen molar-refractivity contribution >= 4 is 75.9 Å². The molecule has 4 aromatic heterocycles. The van der Waals surface area contributed by atoms with E-state index in [-0.39, 0.29) is 30.0 Å². The molecule has 1 spiro atoms. The van der Waals surface area contributed by atoms with E-state index in [0.717, 1.165) is 64.7 Å². The second-order valence-electron chi connectivity index (χ2n) is 10.9. The topological polar surface area (TPSA) is 131 Å². The van der Waals surface area contributed by atoms with Crippen molar-refractivity contribution < 1.29 is 4.74 Å². The van der Waals surface area contributed by atoms with E-state index in [9.17, 15) is 0 Å². The highest BCUT2D eigenvalue weighted by Crippen LogP contribution is 2.42. The zero-order valence-electron chi connectivity index (χ0n) is 23.7.